The second-order valence-corrected chi connectivity index (χ2v) is 4.48. The first kappa shape index (κ1) is 12.0. The number of aliphatic hydroxyl groups excluding tert-OH is 1. The molecule has 0 aromatic rings. The summed E-state index contributed by atoms with van der Waals surface area (Å²) in [6, 6.07) is 0.624. The Labute approximate surface area is 88.3 Å². The van der Waals surface area contributed by atoms with Gasteiger partial charge in [0.15, 0.2) is 0 Å². The molecule has 84 valence electrons. The molecule has 14 heavy (non-hydrogen) atoms. The van der Waals surface area contributed by atoms with E-state index in [4.69, 9.17) is 0 Å². The number of hydrogen-bond donors (Lipinski definition) is 1. The van der Waals surface area contributed by atoms with E-state index in [1.807, 2.05) is 6.92 Å². The Morgan fingerprint density at radius 1 is 1.29 bits per heavy atom. The highest BCUT2D eigenvalue weighted by molar-refractivity contribution is 4.82. The molecule has 1 saturated carbocycles. The number of hydrogen-bond acceptors (Lipinski definition) is 2. The van der Waals surface area contributed by atoms with Gasteiger partial charge in [0.2, 0.25) is 0 Å². The lowest BCUT2D eigenvalue weighted by molar-refractivity contribution is -0.0370. The van der Waals surface area contributed by atoms with E-state index in [1.54, 1.807) is 0 Å². The Morgan fingerprint density at radius 2 is 1.93 bits per heavy atom. The van der Waals surface area contributed by atoms with Crippen molar-refractivity contribution in [2.24, 2.45) is 5.92 Å². The van der Waals surface area contributed by atoms with Gasteiger partial charge in [-0.15, -0.1) is 0 Å². The molecule has 0 saturated heterocycles. The summed E-state index contributed by atoms with van der Waals surface area (Å²) < 4.78 is 0. The van der Waals surface area contributed by atoms with Crippen LogP contribution in [0, 0.1) is 5.92 Å². The smallest absolute Gasteiger partial charge is 0.104 e. The first-order chi connectivity index (χ1) is 6.70. The standard InChI is InChI=1S/C12H25NO/c1-4-11-8-6-7-9-12(11)13(5-2)10(3)14/h10-12,14H,4-9H2,1-3H3. The van der Waals surface area contributed by atoms with Crippen LogP contribution in [-0.4, -0.2) is 28.8 Å². The summed E-state index contributed by atoms with van der Waals surface area (Å²) in [6.07, 6.45) is 6.32. The first-order valence-electron chi connectivity index (χ1n) is 6.14. The Hall–Kier alpha value is -0.0800. The van der Waals surface area contributed by atoms with Crippen molar-refractivity contribution < 1.29 is 5.11 Å². The minimum absolute atomic E-state index is 0.280. The Balaban J connectivity index is 2.60. The van der Waals surface area contributed by atoms with Gasteiger partial charge in [-0.1, -0.05) is 33.1 Å². The summed E-state index contributed by atoms with van der Waals surface area (Å²) in [5.74, 6) is 0.804. The molecule has 0 heterocycles. The molecule has 1 rings (SSSR count). The minimum Gasteiger partial charge on any atom is -0.379 e. The molecule has 0 aromatic carbocycles. The van der Waals surface area contributed by atoms with E-state index in [-0.39, 0.29) is 6.23 Å². The number of aliphatic hydroxyl groups is 1. The zero-order chi connectivity index (χ0) is 10.6. The third-order valence-electron chi connectivity index (χ3n) is 3.66. The minimum atomic E-state index is -0.280. The van der Waals surface area contributed by atoms with Crippen LogP contribution in [-0.2, 0) is 0 Å². The highest BCUT2D eigenvalue weighted by atomic mass is 16.3. The van der Waals surface area contributed by atoms with Gasteiger partial charge in [-0.05, 0) is 32.2 Å². The van der Waals surface area contributed by atoms with Crippen molar-refractivity contribution in [3.8, 4) is 0 Å². The van der Waals surface area contributed by atoms with Gasteiger partial charge >= 0.3 is 0 Å². The van der Waals surface area contributed by atoms with Gasteiger partial charge in [-0.3, -0.25) is 4.90 Å². The van der Waals surface area contributed by atoms with Gasteiger partial charge in [0.25, 0.3) is 0 Å². The molecule has 2 heteroatoms. The molecule has 1 aliphatic rings. The van der Waals surface area contributed by atoms with Gasteiger partial charge in [0.05, 0.1) is 0 Å². The summed E-state index contributed by atoms with van der Waals surface area (Å²) in [4.78, 5) is 2.26. The zero-order valence-electron chi connectivity index (χ0n) is 9.87. The largest absolute Gasteiger partial charge is 0.379 e. The molecule has 0 bridgehead atoms. The van der Waals surface area contributed by atoms with Crippen molar-refractivity contribution in [3.05, 3.63) is 0 Å². The van der Waals surface area contributed by atoms with Crippen LogP contribution in [0.2, 0.25) is 0 Å². The molecular formula is C12H25NO. The van der Waals surface area contributed by atoms with Crippen LogP contribution in [0.5, 0.6) is 0 Å². The first-order valence-corrected chi connectivity index (χ1v) is 6.14. The summed E-state index contributed by atoms with van der Waals surface area (Å²) in [6.45, 7) is 7.29. The van der Waals surface area contributed by atoms with Crippen molar-refractivity contribution >= 4 is 0 Å². The van der Waals surface area contributed by atoms with E-state index < -0.39 is 0 Å². The fraction of sp³-hybridized carbons (Fsp3) is 1.00. The van der Waals surface area contributed by atoms with Crippen LogP contribution >= 0.6 is 0 Å². The van der Waals surface area contributed by atoms with Gasteiger partial charge in [0, 0.05) is 6.04 Å². The van der Waals surface area contributed by atoms with Crippen LogP contribution < -0.4 is 0 Å². The molecule has 2 nitrogen and oxygen atoms in total. The second kappa shape index (κ2) is 5.72. The normalized spacial score (nSPS) is 30.6. The SMILES string of the molecule is CCC1CCCCC1N(CC)C(C)O. The Bertz CT molecular complexity index is 158. The van der Waals surface area contributed by atoms with Crippen LogP contribution in [0.3, 0.4) is 0 Å². The van der Waals surface area contributed by atoms with Crippen LogP contribution in [0.25, 0.3) is 0 Å². The summed E-state index contributed by atoms with van der Waals surface area (Å²) in [5, 5.41) is 9.70. The number of nitrogens with zero attached hydrogens (tertiary/aromatic N) is 1. The molecule has 0 aliphatic heterocycles. The summed E-state index contributed by atoms with van der Waals surface area (Å²) in [7, 11) is 0. The molecule has 1 aliphatic carbocycles. The Kier molecular flexibility index (Phi) is 4.90. The van der Waals surface area contributed by atoms with Gasteiger partial charge in [0.1, 0.15) is 6.23 Å². The molecule has 0 amide bonds. The van der Waals surface area contributed by atoms with Crippen molar-refractivity contribution in [2.45, 2.75) is 65.1 Å². The monoisotopic (exact) mass is 199 g/mol. The fourth-order valence-corrected chi connectivity index (χ4v) is 2.88. The highest BCUT2D eigenvalue weighted by Gasteiger charge is 2.29. The molecule has 0 aromatic heterocycles. The molecule has 3 atom stereocenters. The van der Waals surface area contributed by atoms with E-state index >= 15 is 0 Å². The van der Waals surface area contributed by atoms with Gasteiger partial charge < -0.3 is 5.11 Å². The summed E-state index contributed by atoms with van der Waals surface area (Å²) >= 11 is 0. The van der Waals surface area contributed by atoms with E-state index in [0.29, 0.717) is 6.04 Å². The number of rotatable bonds is 4. The predicted molar refractivity (Wildman–Crippen MR) is 60.1 cm³/mol. The summed E-state index contributed by atoms with van der Waals surface area (Å²) in [5.41, 5.74) is 0. The average Bonchev–Trinajstić information content (AvgIpc) is 2.19. The van der Waals surface area contributed by atoms with Crippen LogP contribution in [0.15, 0.2) is 0 Å². The van der Waals surface area contributed by atoms with Crippen molar-refractivity contribution in [1.82, 2.24) is 4.90 Å². The van der Waals surface area contributed by atoms with Crippen molar-refractivity contribution in [3.63, 3.8) is 0 Å². The lowest BCUT2D eigenvalue weighted by Gasteiger charge is -2.40. The quantitative estimate of drug-likeness (QED) is 0.704. The van der Waals surface area contributed by atoms with Gasteiger partial charge in [-0.25, -0.2) is 0 Å². The van der Waals surface area contributed by atoms with Crippen LogP contribution in [0.1, 0.15) is 52.9 Å². The van der Waals surface area contributed by atoms with Crippen molar-refractivity contribution in [1.29, 1.82) is 0 Å². The zero-order valence-corrected chi connectivity index (χ0v) is 9.87. The molecule has 1 N–H and O–H groups in total. The van der Waals surface area contributed by atoms with E-state index in [0.717, 1.165) is 12.5 Å². The lowest BCUT2D eigenvalue weighted by Crippen LogP contribution is -2.46. The predicted octanol–water partition coefficient (Wildman–Crippen LogP) is 2.62. The third kappa shape index (κ3) is 2.71. The van der Waals surface area contributed by atoms with E-state index in [1.165, 1.54) is 32.1 Å². The molecule has 0 spiro atoms. The second-order valence-electron chi connectivity index (χ2n) is 4.48. The molecule has 0 radical (unpaired) electrons. The maximum absolute atomic E-state index is 9.70. The molecular weight excluding hydrogens is 174 g/mol. The third-order valence-corrected chi connectivity index (χ3v) is 3.66. The van der Waals surface area contributed by atoms with Crippen molar-refractivity contribution in [2.75, 3.05) is 6.54 Å². The van der Waals surface area contributed by atoms with Gasteiger partial charge in [-0.2, -0.15) is 0 Å². The maximum atomic E-state index is 9.70. The Morgan fingerprint density at radius 3 is 2.43 bits per heavy atom. The maximum Gasteiger partial charge on any atom is 0.104 e. The average molecular weight is 199 g/mol. The lowest BCUT2D eigenvalue weighted by atomic mass is 9.82. The van der Waals surface area contributed by atoms with E-state index in [2.05, 4.69) is 18.7 Å². The highest BCUT2D eigenvalue weighted by Crippen LogP contribution is 2.31. The topological polar surface area (TPSA) is 23.5 Å². The fourth-order valence-electron chi connectivity index (χ4n) is 2.88. The van der Waals surface area contributed by atoms with E-state index in [9.17, 15) is 5.11 Å². The molecule has 3 unspecified atom stereocenters. The van der Waals surface area contributed by atoms with Crippen LogP contribution in [0.4, 0.5) is 0 Å². The molecule has 1 fully saturated rings.